The molecule has 1 aromatic heterocycles. The summed E-state index contributed by atoms with van der Waals surface area (Å²) in [6.07, 6.45) is 0. The van der Waals surface area contributed by atoms with Gasteiger partial charge in [-0.25, -0.2) is 0 Å². The van der Waals surface area contributed by atoms with Gasteiger partial charge in [0.1, 0.15) is 5.75 Å². The first-order chi connectivity index (χ1) is 8.17. The Morgan fingerprint density at radius 2 is 1.71 bits per heavy atom. The second kappa shape index (κ2) is 5.13. The molecule has 0 aliphatic heterocycles. The number of hydrogen-bond donors (Lipinski definition) is 1. The van der Waals surface area contributed by atoms with Gasteiger partial charge >= 0.3 is 12.0 Å². The van der Waals surface area contributed by atoms with Crippen molar-refractivity contribution >= 4 is 28.5 Å². The summed E-state index contributed by atoms with van der Waals surface area (Å²) in [6, 6.07) is 7.69. The van der Waals surface area contributed by atoms with Crippen LogP contribution in [0.4, 0.5) is 5.95 Å². The highest BCUT2D eigenvalue weighted by molar-refractivity contribution is 14.1. The van der Waals surface area contributed by atoms with Crippen LogP contribution >= 0.6 is 22.6 Å². The van der Waals surface area contributed by atoms with Crippen LogP contribution in [0.2, 0.25) is 0 Å². The molecule has 0 saturated heterocycles. The lowest BCUT2D eigenvalue weighted by molar-refractivity contribution is 0.360. The van der Waals surface area contributed by atoms with Crippen molar-refractivity contribution < 1.29 is 9.47 Å². The average molecular weight is 344 g/mol. The molecule has 88 valence electrons. The summed E-state index contributed by atoms with van der Waals surface area (Å²) in [5.41, 5.74) is 5.49. The molecule has 0 radical (unpaired) electrons. The Balaban J connectivity index is 2.23. The van der Waals surface area contributed by atoms with Crippen molar-refractivity contribution in [3.05, 3.63) is 27.8 Å². The van der Waals surface area contributed by atoms with Crippen molar-refractivity contribution in [3.63, 3.8) is 0 Å². The van der Waals surface area contributed by atoms with Gasteiger partial charge in [-0.1, -0.05) is 0 Å². The number of hydrogen-bond acceptors (Lipinski definition) is 6. The van der Waals surface area contributed by atoms with Crippen LogP contribution < -0.4 is 15.2 Å². The van der Waals surface area contributed by atoms with Crippen molar-refractivity contribution in [2.75, 3.05) is 12.8 Å². The molecule has 0 fully saturated rings. The van der Waals surface area contributed by atoms with Gasteiger partial charge in [0.2, 0.25) is 5.95 Å². The van der Waals surface area contributed by atoms with Gasteiger partial charge in [-0.2, -0.15) is 9.97 Å². The molecular formula is C10H9IN4O2. The van der Waals surface area contributed by atoms with Crippen LogP contribution in [-0.4, -0.2) is 22.1 Å². The molecule has 2 aromatic rings. The molecule has 0 amide bonds. The topological polar surface area (TPSA) is 83.2 Å². The van der Waals surface area contributed by atoms with Gasteiger partial charge in [0, 0.05) is 3.57 Å². The van der Waals surface area contributed by atoms with Gasteiger partial charge in [0.05, 0.1) is 7.11 Å². The Bertz CT molecular complexity index is 518. The first kappa shape index (κ1) is 11.8. The molecule has 17 heavy (non-hydrogen) atoms. The molecule has 0 saturated carbocycles. The molecule has 0 unspecified atom stereocenters. The van der Waals surface area contributed by atoms with Crippen LogP contribution in [0.1, 0.15) is 0 Å². The maximum absolute atomic E-state index is 5.49. The van der Waals surface area contributed by atoms with Gasteiger partial charge < -0.3 is 15.2 Å². The summed E-state index contributed by atoms with van der Waals surface area (Å²) < 4.78 is 11.4. The fourth-order valence-corrected chi connectivity index (χ4v) is 1.46. The Kier molecular flexibility index (Phi) is 3.57. The van der Waals surface area contributed by atoms with Crippen LogP contribution in [-0.2, 0) is 0 Å². The van der Waals surface area contributed by atoms with E-state index in [1.807, 2.05) is 24.3 Å². The molecule has 7 heteroatoms. The highest BCUT2D eigenvalue weighted by Gasteiger charge is 2.06. The minimum Gasteiger partial charge on any atom is -0.467 e. The van der Waals surface area contributed by atoms with Crippen LogP contribution in [0.5, 0.6) is 17.8 Å². The third-order valence-corrected chi connectivity index (χ3v) is 2.54. The maximum Gasteiger partial charge on any atom is 0.330 e. The Hall–Kier alpha value is -1.64. The minimum atomic E-state index is 0.0531. The van der Waals surface area contributed by atoms with E-state index in [2.05, 4.69) is 37.5 Å². The van der Waals surface area contributed by atoms with E-state index in [-0.39, 0.29) is 18.0 Å². The minimum absolute atomic E-state index is 0.0531. The zero-order chi connectivity index (χ0) is 12.3. The number of nitrogen functional groups attached to an aromatic ring is 1. The van der Waals surface area contributed by atoms with Gasteiger partial charge in [-0.15, -0.1) is 4.98 Å². The summed E-state index contributed by atoms with van der Waals surface area (Å²) in [5, 5.41) is 0. The van der Waals surface area contributed by atoms with E-state index in [9.17, 15) is 0 Å². The normalized spacial score (nSPS) is 10.0. The van der Waals surface area contributed by atoms with Gasteiger partial charge in [0.15, 0.2) is 0 Å². The third kappa shape index (κ3) is 3.16. The Labute approximate surface area is 111 Å². The van der Waals surface area contributed by atoms with E-state index in [1.165, 1.54) is 7.11 Å². The van der Waals surface area contributed by atoms with E-state index in [0.29, 0.717) is 5.75 Å². The third-order valence-electron chi connectivity index (χ3n) is 1.82. The molecule has 1 aromatic carbocycles. The zero-order valence-electron chi connectivity index (χ0n) is 8.92. The van der Waals surface area contributed by atoms with Crippen molar-refractivity contribution in [2.45, 2.75) is 0 Å². The number of anilines is 1. The van der Waals surface area contributed by atoms with Crippen molar-refractivity contribution in [1.82, 2.24) is 15.0 Å². The Morgan fingerprint density at radius 3 is 2.35 bits per heavy atom. The van der Waals surface area contributed by atoms with Crippen molar-refractivity contribution in [1.29, 1.82) is 0 Å². The smallest absolute Gasteiger partial charge is 0.330 e. The van der Waals surface area contributed by atoms with Gasteiger partial charge in [-0.3, -0.25) is 0 Å². The number of benzene rings is 1. The van der Waals surface area contributed by atoms with E-state index >= 15 is 0 Å². The predicted octanol–water partition coefficient (Wildman–Crippen LogP) is 1.86. The van der Waals surface area contributed by atoms with E-state index in [4.69, 9.17) is 15.2 Å². The first-order valence-corrected chi connectivity index (χ1v) is 5.74. The molecule has 0 bridgehead atoms. The number of nitrogens with two attached hydrogens (primary N) is 1. The summed E-state index contributed by atoms with van der Waals surface area (Å²) in [4.78, 5) is 11.5. The number of ether oxygens (including phenoxy) is 2. The maximum atomic E-state index is 5.49. The van der Waals surface area contributed by atoms with Crippen molar-refractivity contribution in [3.8, 4) is 17.8 Å². The molecule has 1 heterocycles. The highest BCUT2D eigenvalue weighted by atomic mass is 127. The number of halogens is 1. The summed E-state index contributed by atoms with van der Waals surface area (Å²) in [7, 11) is 1.45. The highest BCUT2D eigenvalue weighted by Crippen LogP contribution is 2.20. The van der Waals surface area contributed by atoms with E-state index in [0.717, 1.165) is 3.57 Å². The molecule has 0 atom stereocenters. The quantitative estimate of drug-likeness (QED) is 0.856. The SMILES string of the molecule is COc1nc(N)nc(Oc2ccc(I)cc2)n1. The van der Waals surface area contributed by atoms with E-state index in [1.54, 1.807) is 0 Å². The van der Waals surface area contributed by atoms with Crippen LogP contribution in [0.25, 0.3) is 0 Å². The number of rotatable bonds is 3. The molecule has 2 rings (SSSR count). The van der Waals surface area contributed by atoms with E-state index < -0.39 is 0 Å². The molecular weight excluding hydrogens is 335 g/mol. The first-order valence-electron chi connectivity index (χ1n) is 4.66. The lowest BCUT2D eigenvalue weighted by Crippen LogP contribution is -2.02. The van der Waals surface area contributed by atoms with Crippen LogP contribution in [0.15, 0.2) is 24.3 Å². The lowest BCUT2D eigenvalue weighted by atomic mass is 10.3. The fourth-order valence-electron chi connectivity index (χ4n) is 1.10. The number of methoxy groups -OCH3 is 1. The fraction of sp³-hybridized carbons (Fsp3) is 0.100. The summed E-state index contributed by atoms with van der Waals surface area (Å²) in [5.74, 6) is 0.676. The van der Waals surface area contributed by atoms with Gasteiger partial charge in [0.25, 0.3) is 0 Å². The largest absolute Gasteiger partial charge is 0.467 e. The second-order valence-electron chi connectivity index (χ2n) is 3.02. The summed E-state index contributed by atoms with van der Waals surface area (Å²) in [6.45, 7) is 0. The Morgan fingerprint density at radius 1 is 1.06 bits per heavy atom. The van der Waals surface area contributed by atoms with Crippen molar-refractivity contribution in [2.24, 2.45) is 0 Å². The standard InChI is InChI=1S/C10H9IN4O2/c1-16-9-13-8(12)14-10(15-9)17-7-4-2-6(11)3-5-7/h2-5H,1H3,(H2,12,13,14,15). The molecule has 2 N–H and O–H groups in total. The lowest BCUT2D eigenvalue weighted by Gasteiger charge is -2.05. The van der Waals surface area contributed by atoms with Gasteiger partial charge in [-0.05, 0) is 46.9 Å². The molecule has 0 aliphatic carbocycles. The van der Waals surface area contributed by atoms with Crippen LogP contribution in [0, 0.1) is 3.57 Å². The molecule has 0 aliphatic rings. The molecule has 0 spiro atoms. The number of aromatic nitrogens is 3. The summed E-state index contributed by atoms with van der Waals surface area (Å²) >= 11 is 2.21. The molecule has 6 nitrogen and oxygen atoms in total. The number of nitrogens with zero attached hydrogens (tertiary/aromatic N) is 3. The van der Waals surface area contributed by atoms with Crippen LogP contribution in [0.3, 0.4) is 0 Å². The monoisotopic (exact) mass is 344 g/mol. The zero-order valence-corrected chi connectivity index (χ0v) is 11.1. The average Bonchev–Trinajstić information content (AvgIpc) is 2.31. The predicted molar refractivity (Wildman–Crippen MR) is 70.0 cm³/mol. The second-order valence-corrected chi connectivity index (χ2v) is 4.26.